The first-order chi connectivity index (χ1) is 10.2. The Kier molecular flexibility index (Phi) is 4.86. The van der Waals surface area contributed by atoms with Gasteiger partial charge in [0.25, 0.3) is 0 Å². The number of hydrogen-bond acceptors (Lipinski definition) is 3. The van der Waals surface area contributed by atoms with Gasteiger partial charge in [-0.15, -0.1) is 0 Å². The van der Waals surface area contributed by atoms with Crippen LogP contribution in [0.2, 0.25) is 0 Å². The summed E-state index contributed by atoms with van der Waals surface area (Å²) >= 11 is 0. The van der Waals surface area contributed by atoms with Crippen molar-refractivity contribution in [1.82, 2.24) is 5.32 Å². The number of nitrogens with one attached hydrogen (secondary N) is 1. The third-order valence-electron chi connectivity index (χ3n) is 4.81. The molecule has 1 heterocycles. The van der Waals surface area contributed by atoms with E-state index < -0.39 is 0 Å². The van der Waals surface area contributed by atoms with Gasteiger partial charge in [-0.05, 0) is 70.8 Å². The minimum atomic E-state index is -0.314. The Bertz CT molecular complexity index is 542. The quantitative estimate of drug-likeness (QED) is 0.863. The fraction of sp³-hybridized carbons (Fsp3) is 0.556. The third-order valence-corrected chi connectivity index (χ3v) is 4.81. The zero-order valence-electron chi connectivity index (χ0n) is 14.9. The molecule has 120 valence electrons. The van der Waals surface area contributed by atoms with Crippen molar-refractivity contribution in [2.24, 2.45) is 0 Å². The minimum absolute atomic E-state index is 0.309. The first kappa shape index (κ1) is 17.3. The molecule has 4 heteroatoms. The van der Waals surface area contributed by atoms with Crippen molar-refractivity contribution in [1.29, 1.82) is 0 Å². The predicted molar refractivity (Wildman–Crippen MR) is 93.9 cm³/mol. The number of likely N-dealkylation sites (N-methyl/N-ethyl adjacent to an activating group) is 1. The van der Waals surface area contributed by atoms with Crippen LogP contribution in [0.15, 0.2) is 23.7 Å². The van der Waals surface area contributed by atoms with Crippen molar-refractivity contribution in [3.63, 3.8) is 0 Å². The molecule has 0 amide bonds. The molecule has 1 fully saturated rings. The van der Waals surface area contributed by atoms with E-state index in [1.54, 1.807) is 0 Å². The topological polar surface area (TPSA) is 30.5 Å². The van der Waals surface area contributed by atoms with Crippen LogP contribution in [0, 0.1) is 13.8 Å². The van der Waals surface area contributed by atoms with Gasteiger partial charge < -0.3 is 14.6 Å². The Balaban J connectivity index is 2.38. The molecule has 0 spiro atoms. The number of rotatable bonds is 4. The van der Waals surface area contributed by atoms with E-state index in [1.165, 1.54) is 16.7 Å². The SMILES string of the molecule is CNCC(=Cc1c(C)cccc1C)B1OC(C)(C)C(C)(C)O1. The summed E-state index contributed by atoms with van der Waals surface area (Å²) in [6.07, 6.45) is 2.21. The van der Waals surface area contributed by atoms with Crippen LogP contribution in [0.3, 0.4) is 0 Å². The normalized spacial score (nSPS) is 20.5. The predicted octanol–water partition coefficient (Wildman–Crippen LogP) is 3.54. The van der Waals surface area contributed by atoms with Crippen molar-refractivity contribution >= 4 is 13.2 Å². The Labute approximate surface area is 135 Å². The Morgan fingerprint density at radius 3 is 2.05 bits per heavy atom. The standard InChI is InChI=1S/C18H28BNO2/c1-13-9-8-10-14(2)16(13)11-15(12-20-7)19-21-17(3,4)18(5,6)22-19/h8-11,20H,12H2,1-7H3. The van der Waals surface area contributed by atoms with Gasteiger partial charge in [-0.2, -0.15) is 0 Å². The Hall–Kier alpha value is -1.10. The lowest BCUT2D eigenvalue weighted by atomic mass is 9.76. The molecule has 1 N–H and O–H groups in total. The number of aryl methyl sites for hydroxylation is 2. The molecule has 0 aromatic heterocycles. The lowest BCUT2D eigenvalue weighted by Crippen LogP contribution is -2.41. The smallest absolute Gasteiger partial charge is 0.400 e. The largest absolute Gasteiger partial charge is 0.491 e. The van der Waals surface area contributed by atoms with Crippen LogP contribution in [-0.2, 0) is 9.31 Å². The van der Waals surface area contributed by atoms with Crippen LogP contribution >= 0.6 is 0 Å². The van der Waals surface area contributed by atoms with Gasteiger partial charge in [0.15, 0.2) is 0 Å². The highest BCUT2D eigenvalue weighted by Gasteiger charge is 2.52. The minimum Gasteiger partial charge on any atom is -0.400 e. The van der Waals surface area contributed by atoms with E-state index in [4.69, 9.17) is 9.31 Å². The van der Waals surface area contributed by atoms with E-state index in [0.717, 1.165) is 12.0 Å². The molecule has 1 aromatic carbocycles. The highest BCUT2D eigenvalue weighted by Crippen LogP contribution is 2.38. The summed E-state index contributed by atoms with van der Waals surface area (Å²) in [6, 6.07) is 6.37. The second-order valence-electron chi connectivity index (χ2n) is 7.14. The average Bonchev–Trinajstić information content (AvgIpc) is 2.61. The number of benzene rings is 1. The van der Waals surface area contributed by atoms with E-state index in [1.807, 2.05) is 7.05 Å². The summed E-state index contributed by atoms with van der Waals surface area (Å²) in [6.45, 7) is 13.4. The lowest BCUT2D eigenvalue weighted by molar-refractivity contribution is 0.00578. The molecule has 1 aromatic rings. The van der Waals surface area contributed by atoms with E-state index in [2.05, 4.69) is 71.1 Å². The summed E-state index contributed by atoms with van der Waals surface area (Å²) in [5.41, 5.74) is 4.28. The Morgan fingerprint density at radius 2 is 1.59 bits per heavy atom. The molecule has 1 saturated heterocycles. The maximum Gasteiger partial charge on any atom is 0.491 e. The molecule has 0 aliphatic carbocycles. The van der Waals surface area contributed by atoms with Gasteiger partial charge in [-0.25, -0.2) is 0 Å². The first-order valence-corrected chi connectivity index (χ1v) is 7.95. The van der Waals surface area contributed by atoms with E-state index in [-0.39, 0.29) is 18.3 Å². The molecule has 1 aliphatic rings. The highest BCUT2D eigenvalue weighted by atomic mass is 16.7. The molecule has 3 nitrogen and oxygen atoms in total. The molecule has 0 atom stereocenters. The average molecular weight is 301 g/mol. The molecule has 0 saturated carbocycles. The summed E-state index contributed by atoms with van der Waals surface area (Å²) in [4.78, 5) is 0. The van der Waals surface area contributed by atoms with Crippen LogP contribution in [0.5, 0.6) is 0 Å². The molecular weight excluding hydrogens is 273 g/mol. The second kappa shape index (κ2) is 6.19. The summed E-state index contributed by atoms with van der Waals surface area (Å²) < 4.78 is 12.4. The van der Waals surface area contributed by atoms with Crippen molar-refractivity contribution < 1.29 is 9.31 Å². The lowest BCUT2D eigenvalue weighted by Gasteiger charge is -2.32. The van der Waals surface area contributed by atoms with Crippen molar-refractivity contribution in [3.05, 3.63) is 40.4 Å². The fourth-order valence-electron chi connectivity index (χ4n) is 2.64. The van der Waals surface area contributed by atoms with Crippen molar-refractivity contribution in [2.45, 2.75) is 52.7 Å². The molecule has 0 unspecified atom stereocenters. The highest BCUT2D eigenvalue weighted by molar-refractivity contribution is 6.56. The zero-order valence-corrected chi connectivity index (χ0v) is 14.9. The van der Waals surface area contributed by atoms with Crippen molar-refractivity contribution in [2.75, 3.05) is 13.6 Å². The molecular formula is C18H28BNO2. The maximum atomic E-state index is 6.20. The van der Waals surface area contributed by atoms with Gasteiger partial charge in [0.05, 0.1) is 11.2 Å². The van der Waals surface area contributed by atoms with Crippen LogP contribution < -0.4 is 5.32 Å². The van der Waals surface area contributed by atoms with Gasteiger partial charge in [-0.1, -0.05) is 24.3 Å². The van der Waals surface area contributed by atoms with Crippen LogP contribution in [0.4, 0.5) is 0 Å². The third kappa shape index (κ3) is 3.29. The molecule has 0 bridgehead atoms. The van der Waals surface area contributed by atoms with Gasteiger partial charge >= 0.3 is 7.12 Å². The molecule has 0 radical (unpaired) electrons. The van der Waals surface area contributed by atoms with E-state index >= 15 is 0 Å². The number of hydrogen-bond donors (Lipinski definition) is 1. The molecule has 22 heavy (non-hydrogen) atoms. The van der Waals surface area contributed by atoms with E-state index in [9.17, 15) is 0 Å². The van der Waals surface area contributed by atoms with Gasteiger partial charge in [0.2, 0.25) is 0 Å². The van der Waals surface area contributed by atoms with Crippen LogP contribution in [-0.4, -0.2) is 31.9 Å². The summed E-state index contributed by atoms with van der Waals surface area (Å²) in [5, 5.41) is 3.23. The summed E-state index contributed by atoms with van der Waals surface area (Å²) in [5.74, 6) is 0. The molecule has 2 rings (SSSR count). The first-order valence-electron chi connectivity index (χ1n) is 7.95. The maximum absolute atomic E-state index is 6.20. The van der Waals surface area contributed by atoms with Crippen molar-refractivity contribution in [3.8, 4) is 0 Å². The van der Waals surface area contributed by atoms with Gasteiger partial charge in [-0.3, -0.25) is 0 Å². The fourth-order valence-corrected chi connectivity index (χ4v) is 2.64. The Morgan fingerprint density at radius 1 is 1.09 bits per heavy atom. The zero-order chi connectivity index (χ0) is 16.5. The van der Waals surface area contributed by atoms with Crippen LogP contribution in [0.25, 0.3) is 6.08 Å². The summed E-state index contributed by atoms with van der Waals surface area (Å²) in [7, 11) is 1.64. The second-order valence-corrected chi connectivity index (χ2v) is 7.14. The van der Waals surface area contributed by atoms with Gasteiger partial charge in [0, 0.05) is 6.54 Å². The molecule has 1 aliphatic heterocycles. The van der Waals surface area contributed by atoms with Gasteiger partial charge in [0.1, 0.15) is 0 Å². The monoisotopic (exact) mass is 301 g/mol. The van der Waals surface area contributed by atoms with E-state index in [0.29, 0.717) is 0 Å². The van der Waals surface area contributed by atoms with Crippen LogP contribution in [0.1, 0.15) is 44.4 Å².